The van der Waals surface area contributed by atoms with Crippen molar-refractivity contribution in [1.82, 2.24) is 5.32 Å². The minimum atomic E-state index is -0.667. The molecule has 1 amide bonds. The summed E-state index contributed by atoms with van der Waals surface area (Å²) in [7, 11) is 0. The SMILES string of the molecule is Cc1cc(Br)ccc1C(C)(C)OC(=O)NC(C)(C)C. The van der Waals surface area contributed by atoms with Crippen molar-refractivity contribution in [2.75, 3.05) is 0 Å². The van der Waals surface area contributed by atoms with Crippen molar-refractivity contribution in [3.63, 3.8) is 0 Å². The number of amides is 1. The van der Waals surface area contributed by atoms with E-state index in [0.29, 0.717) is 0 Å². The molecule has 4 heteroatoms. The van der Waals surface area contributed by atoms with Crippen molar-refractivity contribution in [1.29, 1.82) is 0 Å². The maximum Gasteiger partial charge on any atom is 0.408 e. The van der Waals surface area contributed by atoms with Crippen LogP contribution in [0.3, 0.4) is 0 Å². The lowest BCUT2D eigenvalue weighted by atomic mass is 9.94. The van der Waals surface area contributed by atoms with E-state index in [9.17, 15) is 4.79 Å². The zero-order valence-corrected chi connectivity index (χ0v) is 14.0. The summed E-state index contributed by atoms with van der Waals surface area (Å²) >= 11 is 3.43. The first kappa shape index (κ1) is 16.0. The summed E-state index contributed by atoms with van der Waals surface area (Å²) < 4.78 is 6.57. The lowest BCUT2D eigenvalue weighted by Crippen LogP contribution is -2.43. The summed E-state index contributed by atoms with van der Waals surface area (Å²) in [6, 6.07) is 5.95. The van der Waals surface area contributed by atoms with Crippen molar-refractivity contribution in [3.05, 3.63) is 33.8 Å². The first-order chi connectivity index (χ1) is 8.51. The summed E-state index contributed by atoms with van der Waals surface area (Å²) in [5.41, 5.74) is 1.12. The maximum absolute atomic E-state index is 11.9. The summed E-state index contributed by atoms with van der Waals surface area (Å²) in [5, 5.41) is 2.81. The number of ether oxygens (including phenoxy) is 1. The van der Waals surface area contributed by atoms with E-state index >= 15 is 0 Å². The third kappa shape index (κ3) is 4.86. The minimum Gasteiger partial charge on any atom is -0.439 e. The summed E-state index contributed by atoms with van der Waals surface area (Å²) in [4.78, 5) is 11.9. The fourth-order valence-electron chi connectivity index (χ4n) is 1.92. The van der Waals surface area contributed by atoms with Crippen LogP contribution in [0.5, 0.6) is 0 Å². The minimum absolute atomic E-state index is 0.304. The molecule has 0 saturated carbocycles. The monoisotopic (exact) mass is 327 g/mol. The first-order valence-corrected chi connectivity index (χ1v) is 7.08. The topological polar surface area (TPSA) is 38.3 Å². The molecular weight excluding hydrogens is 306 g/mol. The third-order valence-corrected chi connectivity index (χ3v) is 3.16. The van der Waals surface area contributed by atoms with Crippen LogP contribution in [-0.4, -0.2) is 11.6 Å². The van der Waals surface area contributed by atoms with Gasteiger partial charge in [0.15, 0.2) is 0 Å². The molecule has 0 unspecified atom stereocenters. The second kappa shape index (κ2) is 5.53. The standard InChI is InChI=1S/C15H22BrNO2/c1-10-9-11(16)7-8-12(10)15(5,6)19-13(18)17-14(2,3)4/h7-9H,1-6H3,(H,17,18). The molecule has 1 aromatic rings. The highest BCUT2D eigenvalue weighted by molar-refractivity contribution is 9.10. The van der Waals surface area contributed by atoms with E-state index in [1.165, 1.54) is 0 Å². The van der Waals surface area contributed by atoms with Gasteiger partial charge in [-0.15, -0.1) is 0 Å². The van der Waals surface area contributed by atoms with Gasteiger partial charge in [-0.2, -0.15) is 0 Å². The van der Waals surface area contributed by atoms with Crippen LogP contribution in [0.15, 0.2) is 22.7 Å². The molecule has 0 heterocycles. The quantitative estimate of drug-likeness (QED) is 0.867. The van der Waals surface area contributed by atoms with E-state index in [0.717, 1.165) is 15.6 Å². The Balaban J connectivity index is 2.89. The number of hydrogen-bond donors (Lipinski definition) is 1. The predicted octanol–water partition coefficient (Wildman–Crippen LogP) is 4.52. The zero-order chi connectivity index (χ0) is 14.8. The number of benzene rings is 1. The van der Waals surface area contributed by atoms with Crippen LogP contribution in [0.1, 0.15) is 45.7 Å². The van der Waals surface area contributed by atoms with Crippen LogP contribution >= 0.6 is 15.9 Å². The molecule has 0 bridgehead atoms. The van der Waals surface area contributed by atoms with Gasteiger partial charge in [-0.3, -0.25) is 0 Å². The smallest absolute Gasteiger partial charge is 0.408 e. The molecule has 0 atom stereocenters. The largest absolute Gasteiger partial charge is 0.439 e. The normalized spacial score (nSPS) is 12.2. The number of alkyl carbamates (subject to hydrolysis) is 1. The van der Waals surface area contributed by atoms with Gasteiger partial charge in [-0.1, -0.05) is 22.0 Å². The predicted molar refractivity (Wildman–Crippen MR) is 81.3 cm³/mol. The van der Waals surface area contributed by atoms with Crippen LogP contribution in [0, 0.1) is 6.92 Å². The van der Waals surface area contributed by atoms with Crippen LogP contribution in [0.25, 0.3) is 0 Å². The Kier molecular flexibility index (Phi) is 4.67. The molecule has 0 radical (unpaired) electrons. The van der Waals surface area contributed by atoms with E-state index < -0.39 is 11.7 Å². The Morgan fingerprint density at radius 3 is 2.26 bits per heavy atom. The van der Waals surface area contributed by atoms with Crippen LogP contribution < -0.4 is 5.32 Å². The number of carbonyl (C=O) groups is 1. The van der Waals surface area contributed by atoms with Gasteiger partial charge in [0.1, 0.15) is 5.60 Å². The maximum atomic E-state index is 11.9. The molecule has 106 valence electrons. The highest BCUT2D eigenvalue weighted by atomic mass is 79.9. The molecule has 3 nitrogen and oxygen atoms in total. The van der Waals surface area contributed by atoms with E-state index in [1.807, 2.05) is 59.7 Å². The molecule has 1 N–H and O–H groups in total. The van der Waals surface area contributed by atoms with Gasteiger partial charge in [0.25, 0.3) is 0 Å². The lowest BCUT2D eigenvalue weighted by molar-refractivity contribution is 0.0318. The van der Waals surface area contributed by atoms with Crippen molar-refractivity contribution in [3.8, 4) is 0 Å². The van der Waals surface area contributed by atoms with E-state index in [1.54, 1.807) is 0 Å². The second-order valence-electron chi connectivity index (χ2n) is 6.23. The van der Waals surface area contributed by atoms with Gasteiger partial charge < -0.3 is 10.1 Å². The average Bonchev–Trinajstić information content (AvgIpc) is 2.11. The Morgan fingerprint density at radius 1 is 1.21 bits per heavy atom. The van der Waals surface area contributed by atoms with Crippen LogP contribution in [0.4, 0.5) is 4.79 Å². The number of rotatable bonds is 2. The van der Waals surface area contributed by atoms with Gasteiger partial charge >= 0.3 is 6.09 Å². The van der Waals surface area contributed by atoms with E-state index in [4.69, 9.17) is 4.74 Å². The molecule has 0 saturated heterocycles. The molecule has 0 aliphatic rings. The van der Waals surface area contributed by atoms with Crippen molar-refractivity contribution < 1.29 is 9.53 Å². The van der Waals surface area contributed by atoms with E-state index in [2.05, 4.69) is 21.2 Å². The fraction of sp³-hybridized carbons (Fsp3) is 0.533. The zero-order valence-electron chi connectivity index (χ0n) is 12.4. The van der Waals surface area contributed by atoms with Gasteiger partial charge in [0, 0.05) is 10.0 Å². The summed E-state index contributed by atoms with van der Waals surface area (Å²) in [6.07, 6.45) is -0.403. The Labute approximate surface area is 123 Å². The van der Waals surface area contributed by atoms with Crippen LogP contribution in [0.2, 0.25) is 0 Å². The second-order valence-corrected chi connectivity index (χ2v) is 7.15. The Morgan fingerprint density at radius 2 is 1.79 bits per heavy atom. The molecule has 1 aromatic carbocycles. The number of aryl methyl sites for hydroxylation is 1. The fourth-order valence-corrected chi connectivity index (χ4v) is 2.40. The number of halogens is 1. The number of nitrogens with one attached hydrogen (secondary N) is 1. The number of hydrogen-bond acceptors (Lipinski definition) is 2. The molecule has 19 heavy (non-hydrogen) atoms. The van der Waals surface area contributed by atoms with Crippen molar-refractivity contribution in [2.45, 2.75) is 52.7 Å². The van der Waals surface area contributed by atoms with Gasteiger partial charge in [-0.05, 0) is 64.8 Å². The highest BCUT2D eigenvalue weighted by Gasteiger charge is 2.28. The van der Waals surface area contributed by atoms with E-state index in [-0.39, 0.29) is 5.54 Å². The third-order valence-electron chi connectivity index (χ3n) is 2.66. The Hall–Kier alpha value is -1.03. The number of carbonyl (C=O) groups excluding carboxylic acids is 1. The molecule has 0 spiro atoms. The average molecular weight is 328 g/mol. The summed E-state index contributed by atoms with van der Waals surface area (Å²) in [5.74, 6) is 0. The lowest BCUT2D eigenvalue weighted by Gasteiger charge is -2.29. The first-order valence-electron chi connectivity index (χ1n) is 6.29. The van der Waals surface area contributed by atoms with Crippen molar-refractivity contribution in [2.24, 2.45) is 0 Å². The Bertz CT molecular complexity index is 476. The molecule has 0 aliphatic heterocycles. The molecule has 0 fully saturated rings. The van der Waals surface area contributed by atoms with Crippen LogP contribution in [-0.2, 0) is 10.3 Å². The van der Waals surface area contributed by atoms with Gasteiger partial charge in [-0.25, -0.2) is 4.79 Å². The van der Waals surface area contributed by atoms with Crippen molar-refractivity contribution >= 4 is 22.0 Å². The molecular formula is C15H22BrNO2. The van der Waals surface area contributed by atoms with Gasteiger partial charge in [0.2, 0.25) is 0 Å². The molecule has 0 aliphatic carbocycles. The van der Waals surface area contributed by atoms with Gasteiger partial charge in [0.05, 0.1) is 0 Å². The molecule has 0 aromatic heterocycles. The molecule has 1 rings (SSSR count). The highest BCUT2D eigenvalue weighted by Crippen LogP contribution is 2.29. The summed E-state index contributed by atoms with van der Waals surface area (Å²) in [6.45, 7) is 11.6.